The van der Waals surface area contributed by atoms with E-state index in [2.05, 4.69) is 5.32 Å². The van der Waals surface area contributed by atoms with Crippen molar-refractivity contribution in [1.29, 1.82) is 5.41 Å². The van der Waals surface area contributed by atoms with Gasteiger partial charge in [-0.05, 0) is 19.4 Å². The van der Waals surface area contributed by atoms with Crippen LogP contribution in [-0.2, 0) is 16.1 Å². The molecule has 0 saturated heterocycles. The standard InChI is InChI=1S/C20H23F2N3O3/c1-3-27-14-9-15(21)17(16(22)10-14)18(28-4-2)20(26)25-11-12-5-7-13(8-6-12)19(23)24/h5-10,18H,3-4,11H2,1-2H3,(H3,23,24)(H,25,26). The van der Waals surface area contributed by atoms with Crippen molar-refractivity contribution in [3.63, 3.8) is 0 Å². The van der Waals surface area contributed by atoms with Crippen molar-refractivity contribution in [1.82, 2.24) is 5.32 Å². The summed E-state index contributed by atoms with van der Waals surface area (Å²) in [6.45, 7) is 3.81. The van der Waals surface area contributed by atoms with Crippen LogP contribution in [0.1, 0.15) is 36.6 Å². The molecule has 1 amide bonds. The number of nitrogens with one attached hydrogen (secondary N) is 2. The summed E-state index contributed by atoms with van der Waals surface area (Å²) in [7, 11) is 0. The average molecular weight is 391 g/mol. The van der Waals surface area contributed by atoms with E-state index in [1.165, 1.54) is 0 Å². The van der Waals surface area contributed by atoms with Crippen LogP contribution in [0.25, 0.3) is 0 Å². The highest BCUT2D eigenvalue weighted by molar-refractivity contribution is 5.94. The molecule has 0 aromatic heterocycles. The SMILES string of the molecule is CCOc1cc(F)c(C(OCC)C(=O)NCc2ccc(C(=N)N)cc2)c(F)c1. The van der Waals surface area contributed by atoms with E-state index in [0.29, 0.717) is 5.56 Å². The van der Waals surface area contributed by atoms with E-state index in [-0.39, 0.29) is 31.3 Å². The van der Waals surface area contributed by atoms with Crippen molar-refractivity contribution in [2.24, 2.45) is 5.73 Å². The number of benzene rings is 2. The molecule has 0 radical (unpaired) electrons. The van der Waals surface area contributed by atoms with Gasteiger partial charge in [-0.1, -0.05) is 24.3 Å². The zero-order chi connectivity index (χ0) is 20.7. The third kappa shape index (κ3) is 5.26. The number of carbonyl (C=O) groups excluding carboxylic acids is 1. The topological polar surface area (TPSA) is 97.4 Å². The minimum Gasteiger partial charge on any atom is -0.494 e. The van der Waals surface area contributed by atoms with Gasteiger partial charge in [0.2, 0.25) is 0 Å². The van der Waals surface area contributed by atoms with E-state index in [1.807, 2.05) is 0 Å². The third-order valence-electron chi connectivity index (χ3n) is 3.93. The van der Waals surface area contributed by atoms with Crippen molar-refractivity contribution >= 4 is 11.7 Å². The highest BCUT2D eigenvalue weighted by Crippen LogP contribution is 2.28. The monoisotopic (exact) mass is 391 g/mol. The first-order chi connectivity index (χ1) is 13.4. The molecular weight excluding hydrogens is 368 g/mol. The van der Waals surface area contributed by atoms with E-state index >= 15 is 0 Å². The van der Waals surface area contributed by atoms with Crippen molar-refractivity contribution in [2.75, 3.05) is 13.2 Å². The van der Waals surface area contributed by atoms with E-state index in [9.17, 15) is 13.6 Å². The summed E-state index contributed by atoms with van der Waals surface area (Å²) in [5.41, 5.74) is 6.23. The van der Waals surface area contributed by atoms with Crippen LogP contribution in [0.5, 0.6) is 5.75 Å². The Morgan fingerprint density at radius 1 is 1.14 bits per heavy atom. The van der Waals surface area contributed by atoms with Crippen LogP contribution < -0.4 is 15.8 Å². The Labute approximate surface area is 162 Å². The van der Waals surface area contributed by atoms with Gasteiger partial charge in [-0.3, -0.25) is 10.2 Å². The van der Waals surface area contributed by atoms with Crippen molar-refractivity contribution in [3.05, 3.63) is 64.7 Å². The molecule has 8 heteroatoms. The highest BCUT2D eigenvalue weighted by atomic mass is 19.1. The maximum atomic E-state index is 14.4. The van der Waals surface area contributed by atoms with Crippen LogP contribution in [0.3, 0.4) is 0 Å². The number of ether oxygens (including phenoxy) is 2. The number of carbonyl (C=O) groups is 1. The van der Waals surface area contributed by atoms with Crippen molar-refractivity contribution in [2.45, 2.75) is 26.5 Å². The van der Waals surface area contributed by atoms with Gasteiger partial charge in [0, 0.05) is 30.8 Å². The molecule has 2 aromatic rings. The van der Waals surface area contributed by atoms with E-state index in [0.717, 1.165) is 17.7 Å². The summed E-state index contributed by atoms with van der Waals surface area (Å²) in [5, 5.41) is 9.98. The van der Waals surface area contributed by atoms with E-state index in [1.54, 1.807) is 38.1 Å². The molecule has 2 aromatic carbocycles. The Hall–Kier alpha value is -3.00. The van der Waals surface area contributed by atoms with Gasteiger partial charge in [0.15, 0.2) is 6.10 Å². The second-order valence-corrected chi connectivity index (χ2v) is 5.90. The van der Waals surface area contributed by atoms with Crippen molar-refractivity contribution < 1.29 is 23.0 Å². The largest absolute Gasteiger partial charge is 0.494 e. The molecule has 0 aliphatic heterocycles. The minimum absolute atomic E-state index is 0.0440. The fraction of sp³-hybridized carbons (Fsp3) is 0.300. The first-order valence-electron chi connectivity index (χ1n) is 8.81. The lowest BCUT2D eigenvalue weighted by atomic mass is 10.1. The molecule has 0 aliphatic carbocycles. The Morgan fingerprint density at radius 2 is 1.75 bits per heavy atom. The maximum absolute atomic E-state index is 14.4. The van der Waals surface area contributed by atoms with Crippen LogP contribution in [0.4, 0.5) is 8.78 Å². The Bertz CT molecular complexity index is 818. The number of nitrogen functional groups attached to an aromatic ring is 1. The number of amides is 1. The Kier molecular flexibility index (Phi) is 7.45. The lowest BCUT2D eigenvalue weighted by molar-refractivity contribution is -0.133. The molecule has 0 bridgehead atoms. The molecule has 0 saturated carbocycles. The summed E-state index contributed by atoms with van der Waals surface area (Å²) in [4.78, 5) is 12.5. The Balaban J connectivity index is 2.16. The number of nitrogens with two attached hydrogens (primary N) is 1. The fourth-order valence-electron chi connectivity index (χ4n) is 2.60. The summed E-state index contributed by atoms with van der Waals surface area (Å²) in [5.74, 6) is -2.51. The molecule has 28 heavy (non-hydrogen) atoms. The number of halogens is 2. The minimum atomic E-state index is -1.43. The molecule has 2 rings (SSSR count). The lowest BCUT2D eigenvalue weighted by Gasteiger charge is -2.19. The van der Waals surface area contributed by atoms with E-state index in [4.69, 9.17) is 20.6 Å². The van der Waals surface area contributed by atoms with Crippen molar-refractivity contribution in [3.8, 4) is 5.75 Å². The number of hydrogen-bond donors (Lipinski definition) is 3. The summed E-state index contributed by atoms with van der Waals surface area (Å²) in [6.07, 6.45) is -1.43. The molecule has 6 nitrogen and oxygen atoms in total. The molecule has 150 valence electrons. The predicted octanol–water partition coefficient (Wildman–Crippen LogP) is 3.04. The smallest absolute Gasteiger partial charge is 0.254 e. The molecule has 0 spiro atoms. The highest BCUT2D eigenvalue weighted by Gasteiger charge is 2.28. The van der Waals surface area contributed by atoms with Crippen LogP contribution in [0.15, 0.2) is 36.4 Å². The van der Waals surface area contributed by atoms with Gasteiger partial charge < -0.3 is 20.5 Å². The van der Waals surface area contributed by atoms with Gasteiger partial charge in [0.25, 0.3) is 5.91 Å². The zero-order valence-corrected chi connectivity index (χ0v) is 15.7. The summed E-state index contributed by atoms with van der Waals surface area (Å²) >= 11 is 0. The molecule has 1 atom stereocenters. The molecule has 1 unspecified atom stereocenters. The first kappa shape index (κ1) is 21.3. The second kappa shape index (κ2) is 9.80. The molecule has 0 aliphatic rings. The van der Waals surface area contributed by atoms with Gasteiger partial charge in [-0.2, -0.15) is 0 Å². The summed E-state index contributed by atoms with van der Waals surface area (Å²) in [6, 6.07) is 8.75. The predicted molar refractivity (Wildman–Crippen MR) is 101 cm³/mol. The first-order valence-corrected chi connectivity index (χ1v) is 8.81. The molecular formula is C20H23F2N3O3. The molecule has 0 fully saturated rings. The summed E-state index contributed by atoms with van der Waals surface area (Å²) < 4.78 is 39.3. The molecule has 4 N–H and O–H groups in total. The van der Waals surface area contributed by atoms with Crippen LogP contribution >= 0.6 is 0 Å². The number of rotatable bonds is 9. The fourth-order valence-corrected chi connectivity index (χ4v) is 2.60. The van der Waals surface area contributed by atoms with Gasteiger partial charge in [-0.15, -0.1) is 0 Å². The van der Waals surface area contributed by atoms with Gasteiger partial charge in [-0.25, -0.2) is 8.78 Å². The number of hydrogen-bond acceptors (Lipinski definition) is 4. The quantitative estimate of drug-likeness (QED) is 0.452. The van der Waals surface area contributed by atoms with Gasteiger partial charge in [0.05, 0.1) is 12.2 Å². The van der Waals surface area contributed by atoms with Gasteiger partial charge in [0.1, 0.15) is 23.2 Å². The maximum Gasteiger partial charge on any atom is 0.254 e. The van der Waals surface area contributed by atoms with Crippen LogP contribution in [0.2, 0.25) is 0 Å². The van der Waals surface area contributed by atoms with E-state index < -0.39 is 29.2 Å². The zero-order valence-electron chi connectivity index (χ0n) is 15.7. The number of amidine groups is 1. The molecule has 0 heterocycles. The third-order valence-corrected chi connectivity index (χ3v) is 3.93. The second-order valence-electron chi connectivity index (χ2n) is 5.90. The van der Waals surface area contributed by atoms with Gasteiger partial charge >= 0.3 is 0 Å². The van der Waals surface area contributed by atoms with Crippen LogP contribution in [-0.4, -0.2) is 25.0 Å². The Morgan fingerprint density at radius 3 is 2.25 bits per heavy atom. The average Bonchev–Trinajstić information content (AvgIpc) is 2.65. The van der Waals surface area contributed by atoms with Crippen LogP contribution in [0, 0.1) is 17.0 Å². The lowest BCUT2D eigenvalue weighted by Crippen LogP contribution is -2.31. The normalized spacial score (nSPS) is 11.7.